The van der Waals surface area contributed by atoms with Crippen molar-refractivity contribution < 1.29 is 18.0 Å². The van der Waals surface area contributed by atoms with E-state index in [9.17, 15) is 18.0 Å². The number of para-hydroxylation sites is 1. The fraction of sp³-hybridized carbons (Fsp3) is 0.176. The van der Waals surface area contributed by atoms with Crippen molar-refractivity contribution in [2.45, 2.75) is 18.2 Å². The van der Waals surface area contributed by atoms with Crippen LogP contribution in [0.25, 0.3) is 0 Å². The fourth-order valence-electron chi connectivity index (χ4n) is 2.17. The topological polar surface area (TPSA) is 106 Å². The van der Waals surface area contributed by atoms with Crippen LogP contribution in [0.1, 0.15) is 22.8 Å². The quantitative estimate of drug-likeness (QED) is 0.831. The standard InChI is InChI=1S/C17H18N2O4S/c1-2-24(22,23)13-9-7-12(8-10-13)11-16(20)19-15-6-4-3-5-14(15)17(18)21/h3-10H,2,11H2,1H3,(H2,18,21)(H,19,20). The van der Waals surface area contributed by atoms with E-state index in [1.54, 1.807) is 37.3 Å². The second-order valence-electron chi connectivity index (χ2n) is 5.18. The summed E-state index contributed by atoms with van der Waals surface area (Å²) in [6.45, 7) is 1.58. The van der Waals surface area contributed by atoms with Gasteiger partial charge in [0.05, 0.1) is 28.3 Å². The van der Waals surface area contributed by atoms with Crippen molar-refractivity contribution >= 4 is 27.3 Å². The number of anilines is 1. The van der Waals surface area contributed by atoms with E-state index in [0.717, 1.165) is 0 Å². The summed E-state index contributed by atoms with van der Waals surface area (Å²) in [5.74, 6) is -0.925. The van der Waals surface area contributed by atoms with Gasteiger partial charge in [0.2, 0.25) is 5.91 Å². The molecule has 0 atom stereocenters. The number of amides is 2. The predicted octanol–water partition coefficient (Wildman–Crippen LogP) is 1.76. The molecule has 2 aromatic carbocycles. The van der Waals surface area contributed by atoms with E-state index in [1.165, 1.54) is 18.2 Å². The first-order chi connectivity index (χ1) is 11.3. The second kappa shape index (κ2) is 7.27. The smallest absolute Gasteiger partial charge is 0.250 e. The molecule has 0 aliphatic carbocycles. The van der Waals surface area contributed by atoms with Crippen LogP contribution < -0.4 is 11.1 Å². The Balaban J connectivity index is 2.10. The zero-order chi connectivity index (χ0) is 17.7. The molecule has 0 fully saturated rings. The van der Waals surface area contributed by atoms with Gasteiger partial charge in [0, 0.05) is 0 Å². The first kappa shape index (κ1) is 17.7. The first-order valence-corrected chi connectivity index (χ1v) is 8.99. The summed E-state index contributed by atoms with van der Waals surface area (Å²) in [6, 6.07) is 12.6. The number of primary amides is 1. The molecule has 2 rings (SSSR count). The monoisotopic (exact) mass is 346 g/mol. The number of nitrogens with two attached hydrogens (primary N) is 1. The number of hydrogen-bond donors (Lipinski definition) is 2. The van der Waals surface area contributed by atoms with Gasteiger partial charge < -0.3 is 11.1 Å². The van der Waals surface area contributed by atoms with E-state index in [1.807, 2.05) is 0 Å². The number of rotatable bonds is 6. The maximum Gasteiger partial charge on any atom is 0.250 e. The predicted molar refractivity (Wildman–Crippen MR) is 91.5 cm³/mol. The van der Waals surface area contributed by atoms with Gasteiger partial charge >= 0.3 is 0 Å². The van der Waals surface area contributed by atoms with Gasteiger partial charge in [-0.25, -0.2) is 8.42 Å². The molecule has 0 saturated heterocycles. The van der Waals surface area contributed by atoms with Crippen molar-refractivity contribution in [1.29, 1.82) is 0 Å². The molecule has 7 heteroatoms. The molecule has 6 nitrogen and oxygen atoms in total. The Bertz CT molecular complexity index is 858. The Morgan fingerprint density at radius 1 is 1.04 bits per heavy atom. The number of carbonyl (C=O) groups is 2. The highest BCUT2D eigenvalue weighted by Gasteiger charge is 2.13. The van der Waals surface area contributed by atoms with Gasteiger partial charge in [0.25, 0.3) is 5.91 Å². The number of carbonyl (C=O) groups excluding carboxylic acids is 2. The van der Waals surface area contributed by atoms with Crippen LogP contribution in [0.2, 0.25) is 0 Å². The number of sulfone groups is 1. The summed E-state index contributed by atoms with van der Waals surface area (Å²) < 4.78 is 23.5. The molecule has 0 radical (unpaired) electrons. The molecule has 2 aromatic rings. The van der Waals surface area contributed by atoms with Crippen LogP contribution in [-0.2, 0) is 21.1 Å². The number of nitrogens with one attached hydrogen (secondary N) is 1. The lowest BCUT2D eigenvalue weighted by molar-refractivity contribution is -0.115. The summed E-state index contributed by atoms with van der Waals surface area (Å²) in [7, 11) is -3.26. The zero-order valence-electron chi connectivity index (χ0n) is 13.2. The SMILES string of the molecule is CCS(=O)(=O)c1ccc(CC(=O)Nc2ccccc2C(N)=O)cc1. The molecule has 0 aliphatic heterocycles. The molecule has 0 bridgehead atoms. The highest BCUT2D eigenvalue weighted by Crippen LogP contribution is 2.16. The second-order valence-corrected chi connectivity index (χ2v) is 7.46. The van der Waals surface area contributed by atoms with Crippen LogP contribution >= 0.6 is 0 Å². The Morgan fingerprint density at radius 3 is 2.25 bits per heavy atom. The van der Waals surface area contributed by atoms with Gasteiger partial charge in [-0.05, 0) is 29.8 Å². The normalized spacial score (nSPS) is 11.0. The number of benzene rings is 2. The minimum absolute atomic E-state index is 0.0245. The van der Waals surface area contributed by atoms with E-state index >= 15 is 0 Å². The lowest BCUT2D eigenvalue weighted by Crippen LogP contribution is -2.19. The van der Waals surface area contributed by atoms with E-state index in [-0.39, 0.29) is 28.5 Å². The molecule has 3 N–H and O–H groups in total. The van der Waals surface area contributed by atoms with Crippen LogP contribution in [0, 0.1) is 0 Å². The molecular formula is C17H18N2O4S. The van der Waals surface area contributed by atoms with Crippen LogP contribution in [0.3, 0.4) is 0 Å². The molecule has 0 spiro atoms. The third kappa shape index (κ3) is 4.20. The van der Waals surface area contributed by atoms with Crippen molar-refractivity contribution in [1.82, 2.24) is 0 Å². The van der Waals surface area contributed by atoms with Gasteiger partial charge in [-0.15, -0.1) is 0 Å². The van der Waals surface area contributed by atoms with E-state index in [2.05, 4.69) is 5.32 Å². The molecule has 0 saturated carbocycles. The molecule has 0 unspecified atom stereocenters. The van der Waals surface area contributed by atoms with Crippen LogP contribution in [0.5, 0.6) is 0 Å². The zero-order valence-corrected chi connectivity index (χ0v) is 14.0. The molecule has 2 amide bonds. The van der Waals surface area contributed by atoms with Gasteiger partial charge in [-0.2, -0.15) is 0 Å². The summed E-state index contributed by atoms with van der Waals surface area (Å²) in [6.07, 6.45) is 0.0551. The van der Waals surface area contributed by atoms with Crippen molar-refractivity contribution in [2.24, 2.45) is 5.73 Å². The van der Waals surface area contributed by atoms with Gasteiger partial charge in [-0.1, -0.05) is 31.2 Å². The van der Waals surface area contributed by atoms with E-state index < -0.39 is 15.7 Å². The maximum atomic E-state index is 12.1. The highest BCUT2D eigenvalue weighted by atomic mass is 32.2. The van der Waals surface area contributed by atoms with Gasteiger partial charge in [-0.3, -0.25) is 9.59 Å². The Morgan fingerprint density at radius 2 is 1.67 bits per heavy atom. The summed E-state index contributed by atoms with van der Waals surface area (Å²) in [4.78, 5) is 23.7. The van der Waals surface area contributed by atoms with E-state index in [0.29, 0.717) is 11.3 Å². The minimum atomic E-state index is -3.26. The van der Waals surface area contributed by atoms with E-state index in [4.69, 9.17) is 5.73 Å². The Labute approximate surface area is 140 Å². The van der Waals surface area contributed by atoms with Gasteiger partial charge in [0.15, 0.2) is 9.84 Å². The fourth-order valence-corrected chi connectivity index (χ4v) is 3.05. The van der Waals surface area contributed by atoms with Crippen LogP contribution in [-0.4, -0.2) is 26.0 Å². The molecular weight excluding hydrogens is 328 g/mol. The maximum absolute atomic E-state index is 12.1. The Hall–Kier alpha value is -2.67. The molecule has 126 valence electrons. The lowest BCUT2D eigenvalue weighted by atomic mass is 10.1. The molecule has 24 heavy (non-hydrogen) atoms. The number of hydrogen-bond acceptors (Lipinski definition) is 4. The van der Waals surface area contributed by atoms with Crippen molar-refractivity contribution in [3.63, 3.8) is 0 Å². The van der Waals surface area contributed by atoms with Crippen molar-refractivity contribution in [3.05, 3.63) is 59.7 Å². The third-order valence-electron chi connectivity index (χ3n) is 3.49. The lowest BCUT2D eigenvalue weighted by Gasteiger charge is -2.09. The minimum Gasteiger partial charge on any atom is -0.366 e. The largest absolute Gasteiger partial charge is 0.366 e. The summed E-state index contributed by atoms with van der Waals surface area (Å²) in [5.41, 5.74) is 6.51. The van der Waals surface area contributed by atoms with Crippen LogP contribution in [0.15, 0.2) is 53.4 Å². The van der Waals surface area contributed by atoms with Crippen LogP contribution in [0.4, 0.5) is 5.69 Å². The summed E-state index contributed by atoms with van der Waals surface area (Å²) >= 11 is 0. The van der Waals surface area contributed by atoms with Crippen molar-refractivity contribution in [3.8, 4) is 0 Å². The molecule has 0 aliphatic rings. The average Bonchev–Trinajstić information content (AvgIpc) is 2.55. The highest BCUT2D eigenvalue weighted by molar-refractivity contribution is 7.91. The van der Waals surface area contributed by atoms with Crippen molar-refractivity contribution in [2.75, 3.05) is 11.1 Å². The molecule has 0 heterocycles. The third-order valence-corrected chi connectivity index (χ3v) is 5.24. The Kier molecular flexibility index (Phi) is 5.35. The average molecular weight is 346 g/mol. The molecule has 0 aromatic heterocycles. The summed E-state index contributed by atoms with van der Waals surface area (Å²) in [5, 5.41) is 2.64. The first-order valence-electron chi connectivity index (χ1n) is 7.34. The van der Waals surface area contributed by atoms with Gasteiger partial charge in [0.1, 0.15) is 0 Å².